The van der Waals surface area contributed by atoms with Crippen LogP contribution in [0.1, 0.15) is 31.4 Å². The van der Waals surface area contributed by atoms with Gasteiger partial charge in [0.15, 0.2) is 0 Å². The van der Waals surface area contributed by atoms with Crippen molar-refractivity contribution in [2.45, 2.75) is 31.9 Å². The minimum Gasteiger partial charge on any atom is -0.490 e. The summed E-state index contributed by atoms with van der Waals surface area (Å²) in [5.41, 5.74) is 7.33. The molecule has 1 aliphatic rings. The molecule has 0 amide bonds. The SMILES string of the molecule is CCSCCC1C[C@H](N)c2cc(Br)ccc2O1. The molecule has 1 heterocycles. The molecule has 0 spiro atoms. The fourth-order valence-corrected chi connectivity index (χ4v) is 3.19. The van der Waals surface area contributed by atoms with Crippen LogP contribution in [0.4, 0.5) is 0 Å². The summed E-state index contributed by atoms with van der Waals surface area (Å²) in [4.78, 5) is 0. The third kappa shape index (κ3) is 3.39. The Morgan fingerprint density at radius 1 is 1.53 bits per heavy atom. The average Bonchev–Trinajstić information content (AvgIpc) is 2.31. The molecular formula is C13H18BrNOS. The van der Waals surface area contributed by atoms with Gasteiger partial charge in [0.25, 0.3) is 0 Å². The third-order valence-corrected chi connectivity index (χ3v) is 4.40. The smallest absolute Gasteiger partial charge is 0.124 e. The molecule has 1 aliphatic heterocycles. The van der Waals surface area contributed by atoms with Crippen LogP contribution in [0.3, 0.4) is 0 Å². The van der Waals surface area contributed by atoms with Crippen LogP contribution in [0.25, 0.3) is 0 Å². The van der Waals surface area contributed by atoms with Crippen molar-refractivity contribution in [2.75, 3.05) is 11.5 Å². The minimum atomic E-state index is 0.105. The van der Waals surface area contributed by atoms with E-state index in [0.29, 0.717) is 0 Å². The van der Waals surface area contributed by atoms with Gasteiger partial charge in [-0.15, -0.1) is 0 Å². The van der Waals surface area contributed by atoms with Gasteiger partial charge in [-0.1, -0.05) is 22.9 Å². The van der Waals surface area contributed by atoms with Crippen LogP contribution < -0.4 is 10.5 Å². The molecule has 1 aromatic rings. The second-order valence-electron chi connectivity index (χ2n) is 4.25. The number of fused-ring (bicyclic) bond motifs is 1. The standard InChI is InChI=1S/C13H18BrNOS/c1-2-17-6-5-10-8-12(15)11-7-9(14)3-4-13(11)16-10/h3-4,7,10,12H,2,5-6,8,15H2,1H3/t10?,12-/m0/s1. The van der Waals surface area contributed by atoms with Gasteiger partial charge < -0.3 is 10.5 Å². The summed E-state index contributed by atoms with van der Waals surface area (Å²) in [6.07, 6.45) is 2.29. The Hall–Kier alpha value is -0.190. The first-order valence-corrected chi connectivity index (χ1v) is 7.95. The Morgan fingerprint density at radius 2 is 2.35 bits per heavy atom. The molecule has 0 radical (unpaired) electrons. The molecule has 0 aromatic heterocycles. The van der Waals surface area contributed by atoms with Crippen molar-refractivity contribution in [3.05, 3.63) is 28.2 Å². The number of nitrogens with two attached hydrogens (primary N) is 1. The summed E-state index contributed by atoms with van der Waals surface area (Å²) in [6.45, 7) is 2.19. The Balaban J connectivity index is 2.03. The number of halogens is 1. The number of hydrogen-bond donors (Lipinski definition) is 1. The maximum atomic E-state index is 6.20. The zero-order chi connectivity index (χ0) is 12.3. The first kappa shape index (κ1) is 13.2. The van der Waals surface area contributed by atoms with E-state index in [1.54, 1.807) is 0 Å². The molecule has 1 aromatic carbocycles. The molecule has 0 bridgehead atoms. The van der Waals surface area contributed by atoms with Crippen molar-refractivity contribution in [1.29, 1.82) is 0 Å². The lowest BCUT2D eigenvalue weighted by molar-refractivity contribution is 0.156. The van der Waals surface area contributed by atoms with E-state index in [-0.39, 0.29) is 12.1 Å². The second-order valence-corrected chi connectivity index (χ2v) is 6.56. The van der Waals surface area contributed by atoms with Crippen molar-refractivity contribution in [1.82, 2.24) is 0 Å². The van der Waals surface area contributed by atoms with Crippen molar-refractivity contribution in [3.63, 3.8) is 0 Å². The molecule has 4 heteroatoms. The first-order chi connectivity index (χ1) is 8.20. The van der Waals surface area contributed by atoms with E-state index < -0.39 is 0 Å². The topological polar surface area (TPSA) is 35.2 Å². The predicted octanol–water partition coefficient (Wildman–Crippen LogP) is 3.74. The maximum absolute atomic E-state index is 6.20. The maximum Gasteiger partial charge on any atom is 0.124 e. The van der Waals surface area contributed by atoms with Crippen LogP contribution in [-0.4, -0.2) is 17.6 Å². The summed E-state index contributed by atoms with van der Waals surface area (Å²) in [5, 5.41) is 0. The lowest BCUT2D eigenvalue weighted by Crippen LogP contribution is -2.30. The molecule has 2 N–H and O–H groups in total. The highest BCUT2D eigenvalue weighted by atomic mass is 79.9. The van der Waals surface area contributed by atoms with Crippen LogP contribution >= 0.6 is 27.7 Å². The van der Waals surface area contributed by atoms with Crippen molar-refractivity contribution in [3.8, 4) is 5.75 Å². The van der Waals surface area contributed by atoms with Crippen LogP contribution in [-0.2, 0) is 0 Å². The molecule has 0 saturated heterocycles. The van der Waals surface area contributed by atoms with Gasteiger partial charge in [0.05, 0.1) is 0 Å². The van der Waals surface area contributed by atoms with Gasteiger partial charge in [0.1, 0.15) is 11.9 Å². The number of thioether (sulfide) groups is 1. The quantitative estimate of drug-likeness (QED) is 0.860. The highest BCUT2D eigenvalue weighted by Gasteiger charge is 2.25. The van der Waals surface area contributed by atoms with Crippen LogP contribution in [0.5, 0.6) is 5.75 Å². The van der Waals surface area contributed by atoms with E-state index in [2.05, 4.69) is 28.9 Å². The molecule has 17 heavy (non-hydrogen) atoms. The highest BCUT2D eigenvalue weighted by Crippen LogP contribution is 2.36. The summed E-state index contributed by atoms with van der Waals surface area (Å²) >= 11 is 5.43. The molecule has 2 rings (SSSR count). The van der Waals surface area contributed by atoms with E-state index in [1.165, 1.54) is 5.75 Å². The van der Waals surface area contributed by atoms with Crippen molar-refractivity contribution in [2.24, 2.45) is 5.73 Å². The first-order valence-electron chi connectivity index (χ1n) is 6.00. The fourth-order valence-electron chi connectivity index (χ4n) is 2.09. The van der Waals surface area contributed by atoms with E-state index in [1.807, 2.05) is 23.9 Å². The lowest BCUT2D eigenvalue weighted by Gasteiger charge is -2.30. The van der Waals surface area contributed by atoms with Gasteiger partial charge in [-0.2, -0.15) is 11.8 Å². The van der Waals surface area contributed by atoms with Gasteiger partial charge in [-0.25, -0.2) is 0 Å². The van der Waals surface area contributed by atoms with E-state index in [9.17, 15) is 0 Å². The highest BCUT2D eigenvalue weighted by molar-refractivity contribution is 9.10. The molecule has 2 nitrogen and oxygen atoms in total. The summed E-state index contributed by atoms with van der Waals surface area (Å²) in [5.74, 6) is 3.28. The Kier molecular flexibility index (Phi) is 4.77. The zero-order valence-corrected chi connectivity index (χ0v) is 12.4. The molecular weight excluding hydrogens is 298 g/mol. The summed E-state index contributed by atoms with van der Waals surface area (Å²) in [7, 11) is 0. The molecule has 0 fully saturated rings. The zero-order valence-electron chi connectivity index (χ0n) is 9.99. The molecule has 1 unspecified atom stereocenters. The van der Waals surface area contributed by atoms with Crippen LogP contribution in [0.15, 0.2) is 22.7 Å². The van der Waals surface area contributed by atoms with Crippen molar-refractivity contribution < 1.29 is 4.74 Å². The third-order valence-electron chi connectivity index (χ3n) is 2.97. The van der Waals surface area contributed by atoms with E-state index in [4.69, 9.17) is 10.5 Å². The van der Waals surface area contributed by atoms with Gasteiger partial charge in [-0.3, -0.25) is 0 Å². The second kappa shape index (κ2) is 6.12. The Bertz CT molecular complexity index is 386. The fraction of sp³-hybridized carbons (Fsp3) is 0.538. The van der Waals surface area contributed by atoms with Crippen LogP contribution in [0, 0.1) is 0 Å². The summed E-state index contributed by atoms with van der Waals surface area (Å²) in [6, 6.07) is 6.19. The number of rotatable bonds is 4. The van der Waals surface area contributed by atoms with Gasteiger partial charge in [-0.05, 0) is 36.1 Å². The average molecular weight is 316 g/mol. The van der Waals surface area contributed by atoms with Gasteiger partial charge in [0, 0.05) is 22.5 Å². The van der Waals surface area contributed by atoms with Gasteiger partial charge in [0.2, 0.25) is 0 Å². The normalized spacial score (nSPS) is 23.0. The predicted molar refractivity (Wildman–Crippen MR) is 77.7 cm³/mol. The van der Waals surface area contributed by atoms with Gasteiger partial charge >= 0.3 is 0 Å². The molecule has 0 saturated carbocycles. The monoisotopic (exact) mass is 315 g/mol. The molecule has 2 atom stereocenters. The van der Waals surface area contributed by atoms with Crippen molar-refractivity contribution >= 4 is 27.7 Å². The van der Waals surface area contributed by atoms with E-state index >= 15 is 0 Å². The van der Waals surface area contributed by atoms with E-state index in [0.717, 1.165) is 34.4 Å². The number of hydrogen-bond acceptors (Lipinski definition) is 3. The minimum absolute atomic E-state index is 0.105. The summed E-state index contributed by atoms with van der Waals surface area (Å²) < 4.78 is 7.05. The lowest BCUT2D eigenvalue weighted by atomic mass is 9.96. The number of ether oxygens (including phenoxy) is 1. The molecule has 0 aliphatic carbocycles. The Labute approximate surface area is 115 Å². The van der Waals surface area contributed by atoms with Crippen LogP contribution in [0.2, 0.25) is 0 Å². The largest absolute Gasteiger partial charge is 0.490 e. The Morgan fingerprint density at radius 3 is 3.12 bits per heavy atom. The molecule has 94 valence electrons. The number of benzene rings is 1.